The first-order valence-electron chi connectivity index (χ1n) is 11.1. The van der Waals surface area contributed by atoms with Gasteiger partial charge in [0.1, 0.15) is 0 Å². The SMILES string of the molecule is CCCCCCCCCCCCCC(=O)NN=Cc1cc2ccccc2[nH]c1=O. The first-order chi connectivity index (χ1) is 14.2. The van der Waals surface area contributed by atoms with Crippen molar-refractivity contribution in [3.05, 3.63) is 46.2 Å². The molecule has 0 fully saturated rings. The summed E-state index contributed by atoms with van der Waals surface area (Å²) < 4.78 is 0. The summed E-state index contributed by atoms with van der Waals surface area (Å²) in [6.45, 7) is 2.25. The highest BCUT2D eigenvalue weighted by Gasteiger charge is 2.02. The summed E-state index contributed by atoms with van der Waals surface area (Å²) in [5.74, 6) is -0.102. The predicted octanol–water partition coefficient (Wildman–Crippen LogP) is 5.68. The Morgan fingerprint density at radius 3 is 2.28 bits per heavy atom. The second kappa shape index (κ2) is 13.7. The third kappa shape index (κ3) is 9.07. The third-order valence-electron chi connectivity index (χ3n) is 5.18. The molecule has 0 atom stereocenters. The van der Waals surface area contributed by atoms with Gasteiger partial charge in [0.05, 0.1) is 11.8 Å². The molecule has 2 rings (SSSR count). The van der Waals surface area contributed by atoms with Gasteiger partial charge in [-0.3, -0.25) is 9.59 Å². The molecule has 2 aromatic rings. The molecule has 2 N–H and O–H groups in total. The number of carbonyl (C=O) groups is 1. The maximum atomic E-state index is 12.0. The lowest BCUT2D eigenvalue weighted by Gasteiger charge is -2.03. The molecule has 158 valence electrons. The Hall–Kier alpha value is -2.43. The van der Waals surface area contributed by atoms with Crippen LogP contribution in [0.3, 0.4) is 0 Å². The van der Waals surface area contributed by atoms with Gasteiger partial charge in [-0.25, -0.2) is 5.43 Å². The normalized spacial score (nSPS) is 11.3. The molecule has 0 spiro atoms. The number of aromatic amines is 1. The van der Waals surface area contributed by atoms with Crippen molar-refractivity contribution in [3.8, 4) is 0 Å². The van der Waals surface area contributed by atoms with Crippen LogP contribution in [0.15, 0.2) is 40.2 Å². The molecule has 1 aromatic heterocycles. The molecule has 5 heteroatoms. The highest BCUT2D eigenvalue weighted by molar-refractivity contribution is 5.88. The molecular weight excluding hydrogens is 362 g/mol. The lowest BCUT2D eigenvalue weighted by Crippen LogP contribution is -2.18. The number of H-pyrrole nitrogens is 1. The van der Waals surface area contributed by atoms with Crippen molar-refractivity contribution in [1.82, 2.24) is 10.4 Å². The summed E-state index contributed by atoms with van der Waals surface area (Å²) in [7, 11) is 0. The Morgan fingerprint density at radius 1 is 0.966 bits per heavy atom. The Labute approximate surface area is 174 Å². The van der Waals surface area contributed by atoms with Crippen LogP contribution in [0, 0.1) is 0 Å². The summed E-state index contributed by atoms with van der Waals surface area (Å²) >= 11 is 0. The molecule has 0 aliphatic carbocycles. The maximum Gasteiger partial charge on any atom is 0.257 e. The van der Waals surface area contributed by atoms with E-state index in [4.69, 9.17) is 0 Å². The number of nitrogens with one attached hydrogen (secondary N) is 2. The van der Waals surface area contributed by atoms with Crippen LogP contribution in [0.5, 0.6) is 0 Å². The number of aromatic nitrogens is 1. The third-order valence-corrected chi connectivity index (χ3v) is 5.18. The number of hydrogen-bond acceptors (Lipinski definition) is 3. The summed E-state index contributed by atoms with van der Waals surface area (Å²) in [6.07, 6.45) is 15.7. The molecule has 5 nitrogen and oxygen atoms in total. The van der Waals surface area contributed by atoms with Crippen molar-refractivity contribution in [2.75, 3.05) is 0 Å². The molecule has 0 aliphatic heterocycles. The smallest absolute Gasteiger partial charge is 0.257 e. The van der Waals surface area contributed by atoms with E-state index in [0.29, 0.717) is 12.0 Å². The summed E-state index contributed by atoms with van der Waals surface area (Å²) in [5, 5.41) is 4.87. The minimum absolute atomic E-state index is 0.102. The second-order valence-electron chi connectivity index (χ2n) is 7.72. The average Bonchev–Trinajstić information content (AvgIpc) is 2.72. The molecule has 0 unspecified atom stereocenters. The number of amides is 1. The number of benzene rings is 1. The molecule has 0 bridgehead atoms. The van der Waals surface area contributed by atoms with Gasteiger partial charge in [-0.1, -0.05) is 89.3 Å². The van der Waals surface area contributed by atoms with Gasteiger partial charge in [-0.05, 0) is 23.9 Å². The summed E-state index contributed by atoms with van der Waals surface area (Å²) in [4.78, 5) is 26.7. The van der Waals surface area contributed by atoms with Gasteiger partial charge >= 0.3 is 0 Å². The standard InChI is InChI=1S/C24H35N3O2/c1-2-3-4-5-6-7-8-9-10-11-12-17-23(28)27-25-19-21-18-20-15-13-14-16-22(20)26-24(21)29/h13-16,18-19H,2-12,17H2,1H3,(H,26,29)(H,27,28). The first kappa shape index (κ1) is 22.9. The van der Waals surface area contributed by atoms with E-state index < -0.39 is 0 Å². The van der Waals surface area contributed by atoms with Gasteiger partial charge in [0.15, 0.2) is 0 Å². The molecule has 1 heterocycles. The van der Waals surface area contributed by atoms with Gasteiger partial charge in [0, 0.05) is 11.9 Å². The highest BCUT2D eigenvalue weighted by atomic mass is 16.2. The number of para-hydroxylation sites is 1. The Balaban J connectivity index is 1.56. The van der Waals surface area contributed by atoms with E-state index in [1.807, 2.05) is 24.3 Å². The van der Waals surface area contributed by atoms with Crippen LogP contribution in [0.4, 0.5) is 0 Å². The first-order valence-corrected chi connectivity index (χ1v) is 11.1. The number of carbonyl (C=O) groups excluding carboxylic acids is 1. The number of fused-ring (bicyclic) bond motifs is 1. The minimum Gasteiger partial charge on any atom is -0.321 e. The van der Waals surface area contributed by atoms with E-state index >= 15 is 0 Å². The van der Waals surface area contributed by atoms with E-state index in [-0.39, 0.29) is 11.5 Å². The van der Waals surface area contributed by atoms with Crippen molar-refractivity contribution in [2.45, 2.75) is 84.0 Å². The van der Waals surface area contributed by atoms with E-state index in [1.54, 1.807) is 6.07 Å². The average molecular weight is 398 g/mol. The maximum absolute atomic E-state index is 12.0. The van der Waals surface area contributed by atoms with Gasteiger partial charge in [0.25, 0.3) is 5.56 Å². The number of hydrogen-bond donors (Lipinski definition) is 2. The molecule has 0 saturated carbocycles. The van der Waals surface area contributed by atoms with Gasteiger partial charge in [-0.2, -0.15) is 5.10 Å². The topological polar surface area (TPSA) is 74.3 Å². The largest absolute Gasteiger partial charge is 0.321 e. The fraction of sp³-hybridized carbons (Fsp3) is 0.542. The second-order valence-corrected chi connectivity index (χ2v) is 7.72. The van der Waals surface area contributed by atoms with Crippen LogP contribution in [-0.4, -0.2) is 17.1 Å². The predicted molar refractivity (Wildman–Crippen MR) is 121 cm³/mol. The number of rotatable bonds is 14. The van der Waals surface area contributed by atoms with E-state index in [2.05, 4.69) is 22.4 Å². The van der Waals surface area contributed by atoms with Crippen LogP contribution in [-0.2, 0) is 4.79 Å². The molecule has 0 radical (unpaired) electrons. The molecule has 1 amide bonds. The van der Waals surface area contributed by atoms with Crippen LogP contribution in [0.2, 0.25) is 0 Å². The van der Waals surface area contributed by atoms with Crippen LogP contribution < -0.4 is 11.0 Å². The zero-order valence-electron chi connectivity index (χ0n) is 17.7. The monoisotopic (exact) mass is 397 g/mol. The number of hydrazone groups is 1. The van der Waals surface area contributed by atoms with Crippen LogP contribution in [0.25, 0.3) is 10.9 Å². The van der Waals surface area contributed by atoms with Crippen molar-refractivity contribution >= 4 is 23.0 Å². The molecular formula is C24H35N3O2. The van der Waals surface area contributed by atoms with Gasteiger partial charge in [0.2, 0.25) is 5.91 Å². The van der Waals surface area contributed by atoms with E-state index in [1.165, 1.54) is 64.0 Å². The van der Waals surface area contributed by atoms with Crippen LogP contribution in [0.1, 0.15) is 89.5 Å². The van der Waals surface area contributed by atoms with Crippen molar-refractivity contribution < 1.29 is 4.79 Å². The minimum atomic E-state index is -0.216. The lowest BCUT2D eigenvalue weighted by atomic mass is 10.1. The molecule has 0 saturated heterocycles. The summed E-state index contributed by atoms with van der Waals surface area (Å²) in [5.41, 5.74) is 3.52. The number of nitrogens with zero attached hydrogens (tertiary/aromatic N) is 1. The number of unbranched alkanes of at least 4 members (excludes halogenated alkanes) is 10. The Bertz CT molecular complexity index is 826. The van der Waals surface area contributed by atoms with Crippen molar-refractivity contribution in [3.63, 3.8) is 0 Å². The Kier molecular flexibility index (Phi) is 10.8. The summed E-state index contributed by atoms with van der Waals surface area (Å²) in [6, 6.07) is 9.34. The quantitative estimate of drug-likeness (QED) is 0.244. The van der Waals surface area contributed by atoms with Crippen molar-refractivity contribution in [1.29, 1.82) is 0 Å². The lowest BCUT2D eigenvalue weighted by molar-refractivity contribution is -0.121. The highest BCUT2D eigenvalue weighted by Crippen LogP contribution is 2.12. The fourth-order valence-electron chi connectivity index (χ4n) is 3.44. The molecule has 0 aliphatic rings. The molecule has 29 heavy (non-hydrogen) atoms. The van der Waals surface area contributed by atoms with Gasteiger partial charge < -0.3 is 4.98 Å². The molecule has 1 aromatic carbocycles. The van der Waals surface area contributed by atoms with Crippen LogP contribution >= 0.6 is 0 Å². The Morgan fingerprint density at radius 2 is 1.59 bits per heavy atom. The van der Waals surface area contributed by atoms with E-state index in [9.17, 15) is 9.59 Å². The van der Waals surface area contributed by atoms with Crippen molar-refractivity contribution in [2.24, 2.45) is 5.10 Å². The fourth-order valence-corrected chi connectivity index (χ4v) is 3.44. The number of pyridine rings is 1. The zero-order valence-corrected chi connectivity index (χ0v) is 17.7. The zero-order chi connectivity index (χ0) is 20.7. The van der Waals surface area contributed by atoms with E-state index in [0.717, 1.165) is 23.7 Å². The van der Waals surface area contributed by atoms with Gasteiger partial charge in [-0.15, -0.1) is 0 Å².